The van der Waals surface area contributed by atoms with E-state index in [1.54, 1.807) is 0 Å². The van der Waals surface area contributed by atoms with E-state index >= 15 is 0 Å². The van der Waals surface area contributed by atoms with Crippen LogP contribution < -0.4 is 0 Å². The van der Waals surface area contributed by atoms with Crippen LogP contribution in [-0.4, -0.2) is 42.6 Å². The van der Waals surface area contributed by atoms with Gasteiger partial charge in [0.2, 0.25) is 0 Å². The van der Waals surface area contributed by atoms with Gasteiger partial charge in [0.05, 0.1) is 0 Å². The Bertz CT molecular complexity index is 238. The molecule has 0 aromatic heterocycles. The molecule has 0 aromatic carbocycles. The zero-order valence-corrected chi connectivity index (χ0v) is 12.8. The molecule has 2 rings (SSSR count). The summed E-state index contributed by atoms with van der Waals surface area (Å²) in [6, 6.07) is 0.814. The second-order valence-electron chi connectivity index (χ2n) is 6.17. The minimum Gasteiger partial charge on any atom is -0.381 e. The van der Waals surface area contributed by atoms with Gasteiger partial charge in [-0.1, -0.05) is 29.8 Å². The molecule has 2 heterocycles. The summed E-state index contributed by atoms with van der Waals surface area (Å²) in [5, 5.41) is 1.13. The summed E-state index contributed by atoms with van der Waals surface area (Å²) in [6.45, 7) is 9.21. The highest BCUT2D eigenvalue weighted by Crippen LogP contribution is 2.36. The fraction of sp³-hybridized carbons (Fsp3) is 1.00. The van der Waals surface area contributed by atoms with Crippen LogP contribution in [0.1, 0.15) is 39.5 Å². The topological polar surface area (TPSA) is 12.5 Å². The quantitative estimate of drug-likeness (QED) is 0.739. The van der Waals surface area contributed by atoms with Gasteiger partial charge in [-0.3, -0.25) is 4.90 Å². The molecule has 1 unspecified atom stereocenters. The van der Waals surface area contributed by atoms with Crippen molar-refractivity contribution in [3.05, 3.63) is 0 Å². The van der Waals surface area contributed by atoms with Crippen LogP contribution >= 0.6 is 15.9 Å². The van der Waals surface area contributed by atoms with Crippen molar-refractivity contribution in [1.82, 2.24) is 4.90 Å². The van der Waals surface area contributed by atoms with Crippen molar-refractivity contribution in [2.75, 3.05) is 31.6 Å². The van der Waals surface area contributed by atoms with E-state index in [-0.39, 0.29) is 0 Å². The molecule has 0 bridgehead atoms. The predicted octanol–water partition coefficient (Wildman–Crippen LogP) is 3.30. The van der Waals surface area contributed by atoms with Gasteiger partial charge < -0.3 is 4.74 Å². The third kappa shape index (κ3) is 3.24. The van der Waals surface area contributed by atoms with Crippen molar-refractivity contribution >= 4 is 15.9 Å². The van der Waals surface area contributed by atoms with E-state index in [1.807, 2.05) is 0 Å². The summed E-state index contributed by atoms with van der Waals surface area (Å²) in [4.78, 5) is 2.75. The van der Waals surface area contributed by atoms with Crippen molar-refractivity contribution in [2.24, 2.45) is 11.3 Å². The summed E-state index contributed by atoms with van der Waals surface area (Å²) in [6.07, 6.45) is 5.23. The van der Waals surface area contributed by atoms with Gasteiger partial charge in [-0.2, -0.15) is 0 Å². The zero-order valence-electron chi connectivity index (χ0n) is 11.3. The van der Waals surface area contributed by atoms with E-state index in [0.29, 0.717) is 5.41 Å². The molecule has 2 aliphatic heterocycles. The molecule has 0 radical (unpaired) electrons. The van der Waals surface area contributed by atoms with Gasteiger partial charge in [0.1, 0.15) is 0 Å². The maximum Gasteiger partial charge on any atom is 0.0472 e. The van der Waals surface area contributed by atoms with Crippen LogP contribution in [0.4, 0.5) is 0 Å². The SMILES string of the molecule is CC(C)C1CCCN1CC1(CBr)CCOCC1. The fourth-order valence-corrected chi connectivity index (χ4v) is 4.11. The van der Waals surface area contributed by atoms with Gasteiger partial charge in [0.15, 0.2) is 0 Å². The summed E-state index contributed by atoms with van der Waals surface area (Å²) in [5.74, 6) is 0.796. The molecule has 0 N–H and O–H groups in total. The van der Waals surface area contributed by atoms with E-state index in [2.05, 4.69) is 34.7 Å². The highest BCUT2D eigenvalue weighted by atomic mass is 79.9. The van der Waals surface area contributed by atoms with Crippen molar-refractivity contribution < 1.29 is 4.74 Å². The Morgan fingerprint density at radius 3 is 2.65 bits per heavy atom. The molecule has 100 valence electrons. The van der Waals surface area contributed by atoms with Crippen LogP contribution in [0.3, 0.4) is 0 Å². The predicted molar refractivity (Wildman–Crippen MR) is 75.7 cm³/mol. The summed E-state index contributed by atoms with van der Waals surface area (Å²) < 4.78 is 5.53. The summed E-state index contributed by atoms with van der Waals surface area (Å²) >= 11 is 3.75. The van der Waals surface area contributed by atoms with Crippen LogP contribution in [0.15, 0.2) is 0 Å². The Labute approximate surface area is 114 Å². The number of hydrogen-bond acceptors (Lipinski definition) is 2. The van der Waals surface area contributed by atoms with Gasteiger partial charge in [0, 0.05) is 31.1 Å². The Morgan fingerprint density at radius 1 is 1.35 bits per heavy atom. The number of halogens is 1. The molecule has 0 amide bonds. The second-order valence-corrected chi connectivity index (χ2v) is 6.73. The maximum atomic E-state index is 5.53. The van der Waals surface area contributed by atoms with E-state index in [4.69, 9.17) is 4.74 Å². The Balaban J connectivity index is 1.97. The van der Waals surface area contributed by atoms with Crippen LogP contribution in [-0.2, 0) is 4.74 Å². The molecule has 0 saturated carbocycles. The average Bonchev–Trinajstić information content (AvgIpc) is 2.78. The minimum atomic E-state index is 0.468. The number of nitrogens with zero attached hydrogens (tertiary/aromatic N) is 1. The van der Waals surface area contributed by atoms with E-state index < -0.39 is 0 Å². The molecule has 3 heteroatoms. The standard InChI is InChI=1S/C14H26BrNO/c1-12(2)13-4-3-7-16(13)11-14(10-15)5-8-17-9-6-14/h12-13H,3-11H2,1-2H3. The zero-order chi connectivity index (χ0) is 12.3. The highest BCUT2D eigenvalue weighted by Gasteiger charge is 2.37. The summed E-state index contributed by atoms with van der Waals surface area (Å²) in [5.41, 5.74) is 0.468. The van der Waals surface area contributed by atoms with Gasteiger partial charge >= 0.3 is 0 Å². The molecule has 0 aliphatic carbocycles. The van der Waals surface area contributed by atoms with Crippen molar-refractivity contribution in [3.8, 4) is 0 Å². The molecule has 17 heavy (non-hydrogen) atoms. The van der Waals surface area contributed by atoms with Gasteiger partial charge in [-0.25, -0.2) is 0 Å². The summed E-state index contributed by atoms with van der Waals surface area (Å²) in [7, 11) is 0. The van der Waals surface area contributed by atoms with E-state index in [9.17, 15) is 0 Å². The van der Waals surface area contributed by atoms with E-state index in [0.717, 1.165) is 30.5 Å². The number of alkyl halides is 1. The first-order valence-electron chi connectivity index (χ1n) is 7.05. The molecular weight excluding hydrogens is 278 g/mol. The van der Waals surface area contributed by atoms with E-state index in [1.165, 1.54) is 38.8 Å². The molecule has 0 spiro atoms. The van der Waals surface area contributed by atoms with Crippen molar-refractivity contribution in [3.63, 3.8) is 0 Å². The first-order chi connectivity index (χ1) is 8.17. The van der Waals surface area contributed by atoms with Gasteiger partial charge in [-0.05, 0) is 43.6 Å². The largest absolute Gasteiger partial charge is 0.381 e. The van der Waals surface area contributed by atoms with Crippen LogP contribution in [0.5, 0.6) is 0 Å². The first-order valence-corrected chi connectivity index (χ1v) is 8.17. The lowest BCUT2D eigenvalue weighted by atomic mass is 9.81. The third-order valence-electron chi connectivity index (χ3n) is 4.56. The van der Waals surface area contributed by atoms with Crippen molar-refractivity contribution in [2.45, 2.75) is 45.6 Å². The number of hydrogen-bond donors (Lipinski definition) is 0. The average molecular weight is 304 g/mol. The molecular formula is C14H26BrNO. The lowest BCUT2D eigenvalue weighted by Crippen LogP contribution is -2.45. The third-order valence-corrected chi connectivity index (χ3v) is 5.75. The smallest absolute Gasteiger partial charge is 0.0472 e. The molecule has 2 saturated heterocycles. The molecule has 2 fully saturated rings. The Kier molecular flexibility index (Phi) is 4.90. The first kappa shape index (κ1) is 13.8. The van der Waals surface area contributed by atoms with Crippen LogP contribution in [0.25, 0.3) is 0 Å². The maximum absolute atomic E-state index is 5.53. The lowest BCUT2D eigenvalue weighted by molar-refractivity contribution is 0.00313. The van der Waals surface area contributed by atoms with Gasteiger partial charge in [-0.15, -0.1) is 0 Å². The normalized spacial score (nSPS) is 30.0. The van der Waals surface area contributed by atoms with Gasteiger partial charge in [0.25, 0.3) is 0 Å². The molecule has 2 nitrogen and oxygen atoms in total. The molecule has 1 atom stereocenters. The highest BCUT2D eigenvalue weighted by molar-refractivity contribution is 9.09. The van der Waals surface area contributed by atoms with Crippen molar-refractivity contribution in [1.29, 1.82) is 0 Å². The Morgan fingerprint density at radius 2 is 2.06 bits per heavy atom. The van der Waals surface area contributed by atoms with Crippen LogP contribution in [0.2, 0.25) is 0 Å². The second kappa shape index (κ2) is 6.03. The monoisotopic (exact) mass is 303 g/mol. The Hall–Kier alpha value is 0.400. The molecule has 2 aliphatic rings. The number of rotatable bonds is 4. The fourth-order valence-electron chi connectivity index (χ4n) is 3.37. The lowest BCUT2D eigenvalue weighted by Gasteiger charge is -2.41. The molecule has 0 aromatic rings. The number of likely N-dealkylation sites (tertiary alicyclic amines) is 1. The minimum absolute atomic E-state index is 0.468. The number of ether oxygens (including phenoxy) is 1. The van der Waals surface area contributed by atoms with Crippen LogP contribution in [0, 0.1) is 11.3 Å².